The molecule has 15 heteroatoms. The molecular formula is C47H60N10O4S. The van der Waals surface area contributed by atoms with Gasteiger partial charge in [-0.2, -0.15) is 0 Å². The number of carboxylic acids is 1. The number of nitrogens with one attached hydrogen (secondary N) is 1. The number of nitrogens with two attached hydrogens (primary N) is 1. The van der Waals surface area contributed by atoms with E-state index in [-0.39, 0.29) is 22.1 Å². The highest BCUT2D eigenvalue weighted by molar-refractivity contribution is 7.22. The Morgan fingerprint density at radius 1 is 1.06 bits per heavy atom. The number of thiazole rings is 1. The van der Waals surface area contributed by atoms with E-state index in [1.54, 1.807) is 7.11 Å². The van der Waals surface area contributed by atoms with Gasteiger partial charge in [0.1, 0.15) is 11.6 Å². The van der Waals surface area contributed by atoms with Gasteiger partial charge in [0.25, 0.3) is 0 Å². The number of allylic oxidation sites excluding steroid dienone is 1. The Labute approximate surface area is 368 Å². The van der Waals surface area contributed by atoms with E-state index in [0.29, 0.717) is 64.1 Å². The molecule has 328 valence electrons. The summed E-state index contributed by atoms with van der Waals surface area (Å²) >= 11 is 1.54. The first-order valence-electron chi connectivity index (χ1n) is 22.4. The van der Waals surface area contributed by atoms with Crippen LogP contribution in [0.3, 0.4) is 0 Å². The number of likely N-dealkylation sites (N-methyl/N-ethyl adjacent to an activating group) is 1. The highest BCUT2D eigenvalue weighted by atomic mass is 32.1. The summed E-state index contributed by atoms with van der Waals surface area (Å²) in [6, 6.07) is 9.51. The van der Waals surface area contributed by atoms with Crippen LogP contribution in [0.25, 0.3) is 15.8 Å². The number of hydrogen-bond donors (Lipinski definition) is 3. The molecule has 2 aliphatic heterocycles. The van der Waals surface area contributed by atoms with Gasteiger partial charge in [0, 0.05) is 91.5 Å². The summed E-state index contributed by atoms with van der Waals surface area (Å²) in [7, 11) is 3.85. The van der Waals surface area contributed by atoms with Crippen LogP contribution in [0.5, 0.6) is 5.75 Å². The molecule has 1 aromatic carbocycles. The molecule has 62 heavy (non-hydrogen) atoms. The molecule has 6 aliphatic rings. The van der Waals surface area contributed by atoms with Crippen molar-refractivity contribution in [2.24, 2.45) is 38.8 Å². The van der Waals surface area contributed by atoms with E-state index in [0.717, 1.165) is 97.8 Å². The van der Waals surface area contributed by atoms with Crippen molar-refractivity contribution in [3.63, 3.8) is 0 Å². The second-order valence-corrected chi connectivity index (χ2v) is 20.6. The fraction of sp³-hybridized carbons (Fsp3) is 0.574. The second-order valence-electron chi connectivity index (χ2n) is 19.6. The van der Waals surface area contributed by atoms with Crippen LogP contribution >= 0.6 is 11.3 Å². The number of nitrogens with zero attached hydrogens (tertiary/aromatic N) is 8. The van der Waals surface area contributed by atoms with Crippen LogP contribution in [0.15, 0.2) is 41.5 Å². The first kappa shape index (κ1) is 41.3. The number of anilines is 4. The van der Waals surface area contributed by atoms with Gasteiger partial charge in [-0.1, -0.05) is 25.2 Å². The minimum absolute atomic E-state index is 0.0410. The summed E-state index contributed by atoms with van der Waals surface area (Å²) in [5.41, 5.74) is 11.7. The van der Waals surface area contributed by atoms with Gasteiger partial charge >= 0.3 is 5.97 Å². The third kappa shape index (κ3) is 6.35. The standard InChI is InChI=1S/C47H60N10O4S/c1-28-33-8-7-13-57(41(33)54-53-40(28)52-43-50-36-20-32(60-6)9-11-37(36)62-43)38-12-10-34(39(51-38)42(58)59)35(24-48)29(2)49-25-31-22-45(4)27-46(26-44(3)21-30(31)23-47(44,45)46)61-19-18-56-16-14-55(5)15-17-56/h9-12,20,24,30-31H,7-8,13-19,21-23,25-27,48H2,1-6H3,(H,58,59)(H,50,52,53). The molecule has 4 aromatic rings. The number of benzene rings is 1. The third-order valence-corrected chi connectivity index (χ3v) is 17.2. The average Bonchev–Trinajstić information content (AvgIpc) is 3.80. The lowest BCUT2D eigenvalue weighted by atomic mass is 9.24. The Morgan fingerprint density at radius 3 is 2.61 bits per heavy atom. The number of ether oxygens (including phenoxy) is 2. The monoisotopic (exact) mass is 860 g/mol. The molecule has 1 spiro atoms. The van der Waals surface area contributed by atoms with Crippen LogP contribution in [0.2, 0.25) is 0 Å². The lowest BCUT2D eigenvalue weighted by Gasteiger charge is -2.83. The molecule has 4 aliphatic carbocycles. The minimum Gasteiger partial charge on any atom is -0.497 e. The maximum Gasteiger partial charge on any atom is 0.355 e. The molecule has 14 nitrogen and oxygen atoms in total. The van der Waals surface area contributed by atoms with E-state index in [4.69, 9.17) is 30.2 Å². The van der Waals surface area contributed by atoms with Crippen molar-refractivity contribution in [2.45, 2.75) is 78.2 Å². The summed E-state index contributed by atoms with van der Waals surface area (Å²) < 4.78 is 13.4. The Morgan fingerprint density at radius 2 is 1.85 bits per heavy atom. The van der Waals surface area contributed by atoms with E-state index in [1.165, 1.54) is 36.8 Å². The molecule has 10 rings (SSSR count). The van der Waals surface area contributed by atoms with Gasteiger partial charge in [0.2, 0.25) is 0 Å². The Bertz CT molecular complexity index is 2500. The largest absolute Gasteiger partial charge is 0.497 e. The molecule has 4 N–H and O–H groups in total. The van der Waals surface area contributed by atoms with Gasteiger partial charge < -0.3 is 35.4 Å². The van der Waals surface area contributed by atoms with Crippen LogP contribution in [-0.2, 0) is 11.2 Å². The molecular weight excluding hydrogens is 801 g/mol. The molecule has 6 atom stereocenters. The molecule has 5 heterocycles. The van der Waals surface area contributed by atoms with Crippen molar-refractivity contribution in [2.75, 3.05) is 76.8 Å². The second kappa shape index (κ2) is 15.2. The summed E-state index contributed by atoms with van der Waals surface area (Å²) in [5.74, 6) is 2.52. The predicted molar refractivity (Wildman–Crippen MR) is 244 cm³/mol. The van der Waals surface area contributed by atoms with Crippen LogP contribution in [0, 0.1) is 35.0 Å². The molecule has 4 saturated carbocycles. The van der Waals surface area contributed by atoms with E-state index in [2.05, 4.69) is 46.2 Å². The zero-order valence-corrected chi connectivity index (χ0v) is 37.8. The molecule has 6 unspecified atom stereocenters. The molecule has 2 bridgehead atoms. The van der Waals surface area contributed by atoms with Gasteiger partial charge in [-0.3, -0.25) is 9.89 Å². The summed E-state index contributed by atoms with van der Waals surface area (Å²) in [6.07, 6.45) is 9.08. The fourth-order valence-electron chi connectivity index (χ4n) is 13.6. The van der Waals surface area contributed by atoms with Gasteiger partial charge in [0.15, 0.2) is 22.5 Å². The zero-order chi connectivity index (χ0) is 43.2. The molecule has 5 fully saturated rings. The number of carbonyl (C=O) groups is 1. The lowest BCUT2D eigenvalue weighted by molar-refractivity contribution is -0.404. The fourth-order valence-corrected chi connectivity index (χ4v) is 14.4. The number of aromatic carboxylic acids is 1. The van der Waals surface area contributed by atoms with Crippen LogP contribution < -0.4 is 20.7 Å². The number of piperazine rings is 1. The van der Waals surface area contributed by atoms with Gasteiger partial charge in [-0.05, 0) is 113 Å². The van der Waals surface area contributed by atoms with Gasteiger partial charge in [-0.15, -0.1) is 10.2 Å². The number of aliphatic imine (C=N–C) groups is 1. The van der Waals surface area contributed by atoms with E-state index in [9.17, 15) is 9.90 Å². The van der Waals surface area contributed by atoms with Crippen molar-refractivity contribution >= 4 is 61.4 Å². The lowest BCUT2D eigenvalue weighted by Crippen LogP contribution is -2.83. The van der Waals surface area contributed by atoms with Crippen molar-refractivity contribution < 1.29 is 19.4 Å². The first-order chi connectivity index (χ1) is 29.8. The van der Waals surface area contributed by atoms with Crippen LogP contribution in [0.1, 0.15) is 86.5 Å². The average molecular weight is 861 g/mol. The number of rotatable bonds is 13. The Balaban J connectivity index is 0.832. The third-order valence-electron chi connectivity index (χ3n) is 16.2. The normalized spacial score (nSPS) is 30.7. The topological polar surface area (TPSA) is 167 Å². The molecule has 0 amide bonds. The number of carboxylic acid groups (broad SMARTS) is 1. The quantitative estimate of drug-likeness (QED) is 0.115. The van der Waals surface area contributed by atoms with E-state index < -0.39 is 5.97 Å². The summed E-state index contributed by atoms with van der Waals surface area (Å²) in [5, 5.41) is 23.9. The smallest absolute Gasteiger partial charge is 0.355 e. The number of pyridine rings is 1. The first-order valence-corrected chi connectivity index (χ1v) is 23.2. The Kier molecular flexibility index (Phi) is 10.2. The summed E-state index contributed by atoms with van der Waals surface area (Å²) in [6.45, 7) is 16.8. The van der Waals surface area contributed by atoms with Crippen molar-refractivity contribution in [1.82, 2.24) is 30.0 Å². The van der Waals surface area contributed by atoms with Gasteiger partial charge in [-0.25, -0.2) is 14.8 Å². The number of hydrogen-bond acceptors (Lipinski definition) is 14. The molecule has 1 saturated heterocycles. The van der Waals surface area contributed by atoms with Crippen molar-refractivity contribution in [3.05, 3.63) is 58.9 Å². The number of aromatic nitrogens is 4. The number of fused-ring (bicyclic) bond motifs is 3. The Hall–Kier alpha value is -4.70. The minimum atomic E-state index is -1.12. The molecule has 3 aromatic heterocycles. The van der Waals surface area contributed by atoms with Crippen LogP contribution in [0.4, 0.5) is 22.6 Å². The number of methoxy groups -OCH3 is 1. The maximum absolute atomic E-state index is 12.9. The summed E-state index contributed by atoms with van der Waals surface area (Å²) in [4.78, 5) is 34.5. The SMILES string of the molecule is COc1ccc2sc(Nc3nnc4c(c3C)CCCN4c3ccc(C(=CN)C(C)=NCC4CC5(C)CC6(OCCN7CCN(C)CC7)CC7(C)CC4CC576)c(C(=O)O)n3)nc2c1. The molecule has 0 radical (unpaired) electrons. The highest BCUT2D eigenvalue weighted by Crippen LogP contribution is 2.91. The predicted octanol–water partition coefficient (Wildman–Crippen LogP) is 7.32. The zero-order valence-electron chi connectivity index (χ0n) is 37.0. The van der Waals surface area contributed by atoms with Crippen molar-refractivity contribution in [1.29, 1.82) is 0 Å². The van der Waals surface area contributed by atoms with Crippen LogP contribution in [-0.4, -0.2) is 119 Å². The van der Waals surface area contributed by atoms with Crippen molar-refractivity contribution in [3.8, 4) is 5.75 Å². The van der Waals surface area contributed by atoms with E-state index >= 15 is 0 Å². The van der Waals surface area contributed by atoms with Gasteiger partial charge in [0.05, 0.1) is 29.5 Å². The van der Waals surface area contributed by atoms with E-state index in [1.807, 2.05) is 49.1 Å². The maximum atomic E-state index is 12.9. The highest BCUT2D eigenvalue weighted by Gasteiger charge is 2.89.